The Bertz CT molecular complexity index is 458. The van der Waals surface area contributed by atoms with Crippen LogP contribution in [0.25, 0.3) is 0 Å². The van der Waals surface area contributed by atoms with Gasteiger partial charge in [-0.1, -0.05) is 0 Å². The number of hydrogen-bond donors (Lipinski definition) is 0. The van der Waals surface area contributed by atoms with Gasteiger partial charge in [-0.2, -0.15) is 0 Å². The molecule has 0 saturated carbocycles. The topological polar surface area (TPSA) is 9.23 Å². The van der Waals surface area contributed by atoms with Crippen LogP contribution >= 0.6 is 0 Å². The predicted octanol–water partition coefficient (Wildman–Crippen LogP) is 7.93. The summed E-state index contributed by atoms with van der Waals surface area (Å²) >= 11 is -2.13. The van der Waals surface area contributed by atoms with Crippen molar-refractivity contribution >= 4 is 18.4 Å². The third-order valence-electron chi connectivity index (χ3n) is 5.39. The summed E-state index contributed by atoms with van der Waals surface area (Å²) in [5, 5.41) is 0. The van der Waals surface area contributed by atoms with Gasteiger partial charge in [0.15, 0.2) is 0 Å². The first kappa shape index (κ1) is 23.8. The van der Waals surface area contributed by atoms with Crippen molar-refractivity contribution in [2.45, 2.75) is 92.6 Å². The molecular weight excluding hydrogens is 423 g/mol. The van der Waals surface area contributed by atoms with E-state index in [1.54, 1.807) is 18.9 Å². The molecule has 0 unspecified atom stereocenters. The molecule has 0 fully saturated rings. The van der Waals surface area contributed by atoms with Crippen molar-refractivity contribution in [3.8, 4) is 0 Å². The van der Waals surface area contributed by atoms with E-state index in [0.29, 0.717) is 0 Å². The first-order chi connectivity index (χ1) is 12.7. The van der Waals surface area contributed by atoms with Gasteiger partial charge in [-0.3, -0.25) is 0 Å². The van der Waals surface area contributed by atoms with E-state index in [1.165, 1.54) is 44.1 Å². The summed E-state index contributed by atoms with van der Waals surface area (Å²) in [6.45, 7) is 11.0. The molecule has 0 N–H and O–H groups in total. The van der Waals surface area contributed by atoms with E-state index in [0.717, 1.165) is 19.6 Å². The van der Waals surface area contributed by atoms with Crippen LogP contribution in [0.3, 0.4) is 0 Å². The first-order valence-corrected chi connectivity index (χ1v) is 18.7. The van der Waals surface area contributed by atoms with Crippen LogP contribution in [0.4, 0.5) is 0 Å². The Morgan fingerprint density at radius 3 is 1.92 bits per heavy atom. The minimum absolute atomic E-state index is 0.740. The van der Waals surface area contributed by atoms with Gasteiger partial charge in [0.25, 0.3) is 0 Å². The molecule has 1 rings (SSSR count). The molecule has 0 amide bonds. The standard InChI is InChI=1S/C12H15O.3C4H9.Sn/c1-11(2)8-9-13-10-12-6-4-3-5-7-12;3*1-3-4-2;/h1,3-7H,8-10H2,2H3;3*1,3-4H2,2H3;. The number of ether oxygens (including phenoxy) is 1. The van der Waals surface area contributed by atoms with E-state index in [1.807, 2.05) is 0 Å². The summed E-state index contributed by atoms with van der Waals surface area (Å²) in [6, 6.07) is 10.5. The van der Waals surface area contributed by atoms with Gasteiger partial charge < -0.3 is 0 Å². The molecule has 2 heteroatoms. The second-order valence-electron chi connectivity index (χ2n) is 7.95. The van der Waals surface area contributed by atoms with Crippen molar-refractivity contribution in [2.75, 3.05) is 6.61 Å². The molecule has 0 aliphatic heterocycles. The average Bonchev–Trinajstić information content (AvgIpc) is 2.67. The van der Waals surface area contributed by atoms with E-state index in [-0.39, 0.29) is 0 Å². The summed E-state index contributed by atoms with van der Waals surface area (Å²) in [6.07, 6.45) is 9.49. The Balaban J connectivity index is 2.61. The van der Waals surface area contributed by atoms with E-state index < -0.39 is 18.4 Å². The fraction of sp³-hybridized carbons (Fsp3) is 0.667. The molecule has 0 bridgehead atoms. The number of hydrogen-bond acceptors (Lipinski definition) is 1. The Hall–Kier alpha value is -0.281. The molecular formula is C24H42OSn. The molecule has 1 aromatic rings. The number of benzene rings is 1. The van der Waals surface area contributed by atoms with Crippen molar-refractivity contribution in [1.82, 2.24) is 0 Å². The van der Waals surface area contributed by atoms with Gasteiger partial charge in [0, 0.05) is 0 Å². The second-order valence-corrected chi connectivity index (χ2v) is 20.8. The summed E-state index contributed by atoms with van der Waals surface area (Å²) in [5.74, 6) is 0. The normalized spacial score (nSPS) is 12.5. The summed E-state index contributed by atoms with van der Waals surface area (Å²) in [5.41, 5.74) is 2.88. The Morgan fingerprint density at radius 1 is 0.885 bits per heavy atom. The zero-order valence-corrected chi connectivity index (χ0v) is 20.7. The summed E-state index contributed by atoms with van der Waals surface area (Å²) < 4.78 is 13.5. The zero-order valence-electron chi connectivity index (χ0n) is 17.9. The molecule has 148 valence electrons. The van der Waals surface area contributed by atoms with Crippen molar-refractivity contribution in [1.29, 1.82) is 0 Å². The molecule has 1 nitrogen and oxygen atoms in total. The summed E-state index contributed by atoms with van der Waals surface area (Å²) in [4.78, 5) is 0. The van der Waals surface area contributed by atoms with Crippen molar-refractivity contribution in [3.63, 3.8) is 0 Å². The van der Waals surface area contributed by atoms with Crippen LogP contribution in [0.2, 0.25) is 13.3 Å². The summed E-state index contributed by atoms with van der Waals surface area (Å²) in [7, 11) is 0. The molecule has 26 heavy (non-hydrogen) atoms. The molecule has 0 aliphatic rings. The van der Waals surface area contributed by atoms with Crippen LogP contribution in [0.5, 0.6) is 0 Å². The SMILES string of the molecule is CCC[CH2][Sn](/[CH]=C(\C)CCOCc1ccccc1)([CH2]CCC)[CH2]CCC. The maximum absolute atomic E-state index is 5.93. The fourth-order valence-corrected chi connectivity index (χ4v) is 19.6. The van der Waals surface area contributed by atoms with Crippen LogP contribution in [0.1, 0.15) is 78.2 Å². The maximum atomic E-state index is 5.93. The molecule has 0 aromatic heterocycles. The van der Waals surface area contributed by atoms with Gasteiger partial charge >= 0.3 is 168 Å². The average molecular weight is 465 g/mol. The van der Waals surface area contributed by atoms with Gasteiger partial charge in [0.05, 0.1) is 0 Å². The molecule has 0 saturated heterocycles. The molecule has 0 heterocycles. The monoisotopic (exact) mass is 466 g/mol. The number of rotatable bonds is 15. The molecule has 0 spiro atoms. The van der Waals surface area contributed by atoms with E-state index in [9.17, 15) is 0 Å². The van der Waals surface area contributed by atoms with Crippen LogP contribution in [-0.4, -0.2) is 25.0 Å². The predicted molar refractivity (Wildman–Crippen MR) is 119 cm³/mol. The van der Waals surface area contributed by atoms with Gasteiger partial charge in [-0.15, -0.1) is 0 Å². The Morgan fingerprint density at radius 2 is 1.42 bits per heavy atom. The Kier molecular flexibility index (Phi) is 13.5. The molecule has 1 aromatic carbocycles. The van der Waals surface area contributed by atoms with Crippen LogP contribution in [-0.2, 0) is 11.3 Å². The van der Waals surface area contributed by atoms with Gasteiger partial charge in [-0.25, -0.2) is 0 Å². The van der Waals surface area contributed by atoms with Crippen molar-refractivity contribution in [2.24, 2.45) is 0 Å². The van der Waals surface area contributed by atoms with Crippen LogP contribution in [0.15, 0.2) is 40.0 Å². The number of unbranched alkanes of at least 4 members (excludes halogenated alkanes) is 3. The quantitative estimate of drug-likeness (QED) is 0.189. The van der Waals surface area contributed by atoms with Gasteiger partial charge in [0.2, 0.25) is 0 Å². The third-order valence-corrected chi connectivity index (χ3v) is 20.1. The van der Waals surface area contributed by atoms with Crippen LogP contribution in [0, 0.1) is 0 Å². The van der Waals surface area contributed by atoms with Gasteiger partial charge in [-0.05, 0) is 0 Å². The molecule has 0 aliphatic carbocycles. The first-order valence-electron chi connectivity index (χ1n) is 11.0. The van der Waals surface area contributed by atoms with E-state index in [2.05, 4.69) is 62.1 Å². The molecule has 0 radical (unpaired) electrons. The van der Waals surface area contributed by atoms with Gasteiger partial charge in [0.1, 0.15) is 0 Å². The molecule has 0 atom stereocenters. The van der Waals surface area contributed by atoms with Crippen LogP contribution < -0.4 is 0 Å². The minimum atomic E-state index is -2.13. The van der Waals surface area contributed by atoms with Crippen molar-refractivity contribution < 1.29 is 4.74 Å². The zero-order chi connectivity index (χ0) is 19.1. The van der Waals surface area contributed by atoms with E-state index in [4.69, 9.17) is 4.74 Å². The van der Waals surface area contributed by atoms with E-state index >= 15 is 0 Å². The fourth-order valence-electron chi connectivity index (χ4n) is 3.77. The third kappa shape index (κ3) is 10.2. The van der Waals surface area contributed by atoms with Crippen molar-refractivity contribution in [3.05, 3.63) is 45.6 Å². The second kappa shape index (κ2) is 14.7. The Labute approximate surface area is 167 Å².